The predicted octanol–water partition coefficient (Wildman–Crippen LogP) is 3.17. The molecule has 3 rings (SSSR count). The van der Waals surface area contributed by atoms with E-state index in [9.17, 15) is 4.79 Å². The number of ether oxygens (including phenoxy) is 2. The average Bonchev–Trinajstić information content (AvgIpc) is 2.97. The van der Waals surface area contributed by atoms with Crippen molar-refractivity contribution in [2.75, 3.05) is 18.5 Å². The molecule has 4 nitrogen and oxygen atoms in total. The molecular formula is C17H22BrNO3. The van der Waals surface area contributed by atoms with Gasteiger partial charge in [0.1, 0.15) is 5.41 Å². The van der Waals surface area contributed by atoms with E-state index in [1.807, 2.05) is 37.3 Å². The van der Waals surface area contributed by atoms with Crippen molar-refractivity contribution in [2.45, 2.75) is 38.0 Å². The van der Waals surface area contributed by atoms with Crippen LogP contribution in [0.5, 0.6) is 0 Å². The minimum Gasteiger partial charge on any atom is -0.349 e. The summed E-state index contributed by atoms with van der Waals surface area (Å²) in [6.45, 7) is 3.11. The second-order valence-electron chi connectivity index (χ2n) is 6.12. The summed E-state index contributed by atoms with van der Waals surface area (Å²) in [4.78, 5) is 13.0. The van der Waals surface area contributed by atoms with Gasteiger partial charge in [0.25, 0.3) is 0 Å². The Labute approximate surface area is 139 Å². The van der Waals surface area contributed by atoms with Crippen LogP contribution in [0.2, 0.25) is 0 Å². The molecule has 22 heavy (non-hydrogen) atoms. The largest absolute Gasteiger partial charge is 0.349 e. The third-order valence-corrected chi connectivity index (χ3v) is 5.69. The van der Waals surface area contributed by atoms with Crippen molar-refractivity contribution in [1.29, 1.82) is 0 Å². The molecule has 1 amide bonds. The van der Waals surface area contributed by atoms with E-state index < -0.39 is 11.2 Å². The molecular weight excluding hydrogens is 346 g/mol. The van der Waals surface area contributed by atoms with E-state index in [1.54, 1.807) is 0 Å². The summed E-state index contributed by atoms with van der Waals surface area (Å²) in [6, 6.07) is 9.98. The van der Waals surface area contributed by atoms with Gasteiger partial charge in [-0.25, -0.2) is 0 Å². The monoisotopic (exact) mass is 367 g/mol. The van der Waals surface area contributed by atoms with Crippen LogP contribution in [-0.2, 0) is 14.3 Å². The van der Waals surface area contributed by atoms with Crippen LogP contribution in [0.1, 0.15) is 37.8 Å². The van der Waals surface area contributed by atoms with E-state index in [1.165, 1.54) is 0 Å². The summed E-state index contributed by atoms with van der Waals surface area (Å²) in [5.74, 6) is -0.775. The minimum atomic E-state index is -0.814. The molecule has 1 N–H and O–H groups in total. The molecule has 2 aliphatic rings. The molecule has 1 unspecified atom stereocenters. The molecule has 1 aromatic rings. The van der Waals surface area contributed by atoms with Crippen molar-refractivity contribution in [1.82, 2.24) is 5.32 Å². The molecule has 1 aliphatic heterocycles. The number of alkyl halides is 1. The lowest BCUT2D eigenvalue weighted by atomic mass is 9.62. The Morgan fingerprint density at radius 2 is 1.91 bits per heavy atom. The zero-order chi connectivity index (χ0) is 15.6. The second kappa shape index (κ2) is 6.30. The molecule has 0 radical (unpaired) electrons. The van der Waals surface area contributed by atoms with Crippen LogP contribution in [0, 0.1) is 5.41 Å². The zero-order valence-corrected chi connectivity index (χ0v) is 14.4. The molecule has 120 valence electrons. The second-order valence-corrected chi connectivity index (χ2v) is 6.69. The van der Waals surface area contributed by atoms with E-state index in [2.05, 4.69) is 21.2 Å². The van der Waals surface area contributed by atoms with Crippen LogP contribution in [-0.4, -0.2) is 30.2 Å². The highest BCUT2D eigenvalue weighted by atomic mass is 79.9. The number of carbonyl (C=O) groups is 1. The molecule has 2 fully saturated rings. The van der Waals surface area contributed by atoms with Crippen molar-refractivity contribution in [3.63, 3.8) is 0 Å². The Hall–Kier alpha value is -0.910. The van der Waals surface area contributed by atoms with Crippen molar-refractivity contribution in [2.24, 2.45) is 5.41 Å². The van der Waals surface area contributed by atoms with Gasteiger partial charge in [0.05, 0.1) is 24.6 Å². The number of nitrogens with one attached hydrogen (secondary N) is 1. The number of amides is 1. The molecule has 1 aliphatic carbocycles. The van der Waals surface area contributed by atoms with Gasteiger partial charge >= 0.3 is 0 Å². The van der Waals surface area contributed by atoms with E-state index in [0.29, 0.717) is 18.5 Å². The molecule has 5 heteroatoms. The number of benzene rings is 1. The molecule has 0 spiro atoms. The van der Waals surface area contributed by atoms with E-state index in [0.717, 1.165) is 24.8 Å². The predicted molar refractivity (Wildman–Crippen MR) is 87.7 cm³/mol. The van der Waals surface area contributed by atoms with Gasteiger partial charge in [0, 0.05) is 0 Å². The fraction of sp³-hybridized carbons (Fsp3) is 0.588. The lowest BCUT2D eigenvalue weighted by molar-refractivity contribution is -0.239. The first-order chi connectivity index (χ1) is 10.6. The minimum absolute atomic E-state index is 0.0278. The lowest BCUT2D eigenvalue weighted by Crippen LogP contribution is -2.62. The smallest absolute Gasteiger partial charge is 0.232 e. The highest BCUT2D eigenvalue weighted by Crippen LogP contribution is 2.54. The maximum Gasteiger partial charge on any atom is 0.232 e. The maximum absolute atomic E-state index is 13.0. The van der Waals surface area contributed by atoms with Crippen LogP contribution < -0.4 is 5.32 Å². The van der Waals surface area contributed by atoms with Crippen molar-refractivity contribution >= 4 is 21.8 Å². The Balaban J connectivity index is 1.77. The Morgan fingerprint density at radius 1 is 1.27 bits per heavy atom. The quantitative estimate of drug-likeness (QED) is 0.813. The van der Waals surface area contributed by atoms with Crippen molar-refractivity contribution < 1.29 is 14.3 Å². The molecule has 0 aromatic heterocycles. The van der Waals surface area contributed by atoms with Crippen LogP contribution in [0.4, 0.5) is 0 Å². The Kier molecular flexibility index (Phi) is 4.57. The van der Waals surface area contributed by atoms with Crippen LogP contribution >= 0.6 is 15.9 Å². The summed E-state index contributed by atoms with van der Waals surface area (Å²) in [6.07, 6.45) is 2.66. The summed E-state index contributed by atoms with van der Waals surface area (Å²) >= 11 is 3.49. The molecule has 1 saturated carbocycles. The standard InChI is InChI=1S/C17H22BrNO3/c1-13(14-6-3-2-4-7-14)19-15(20)16(8-5-9-16)17(12-18)21-10-11-22-17/h2-4,6-7,13H,5,8-12H2,1H3,(H,19,20). The van der Waals surface area contributed by atoms with Gasteiger partial charge in [-0.05, 0) is 25.3 Å². The summed E-state index contributed by atoms with van der Waals surface area (Å²) in [5.41, 5.74) is 0.530. The lowest BCUT2D eigenvalue weighted by Gasteiger charge is -2.50. The molecule has 0 bridgehead atoms. The van der Waals surface area contributed by atoms with Gasteiger partial charge in [0.2, 0.25) is 5.91 Å². The number of hydrogen-bond donors (Lipinski definition) is 1. The molecule has 1 heterocycles. The van der Waals surface area contributed by atoms with Crippen LogP contribution in [0.15, 0.2) is 30.3 Å². The van der Waals surface area contributed by atoms with Gasteiger partial charge < -0.3 is 14.8 Å². The summed E-state index contributed by atoms with van der Waals surface area (Å²) < 4.78 is 11.8. The van der Waals surface area contributed by atoms with Crippen molar-refractivity contribution in [3.05, 3.63) is 35.9 Å². The van der Waals surface area contributed by atoms with Gasteiger partial charge in [-0.1, -0.05) is 52.7 Å². The molecule has 1 saturated heterocycles. The third kappa shape index (κ3) is 2.49. The average molecular weight is 368 g/mol. The fourth-order valence-electron chi connectivity index (χ4n) is 3.41. The molecule has 1 atom stereocenters. The Bertz CT molecular complexity index is 524. The highest BCUT2D eigenvalue weighted by Gasteiger charge is 2.63. The normalized spacial score (nSPS) is 23.5. The first-order valence-corrected chi connectivity index (χ1v) is 8.95. The summed E-state index contributed by atoms with van der Waals surface area (Å²) in [5, 5.41) is 3.68. The van der Waals surface area contributed by atoms with E-state index >= 15 is 0 Å². The van der Waals surface area contributed by atoms with Gasteiger partial charge in [-0.15, -0.1) is 0 Å². The first kappa shape index (κ1) is 16.0. The van der Waals surface area contributed by atoms with E-state index in [4.69, 9.17) is 9.47 Å². The van der Waals surface area contributed by atoms with Gasteiger partial charge in [-0.3, -0.25) is 4.79 Å². The SMILES string of the molecule is CC(NC(=O)C1(C2(CBr)OCCO2)CCC1)c1ccccc1. The first-order valence-electron chi connectivity index (χ1n) is 7.83. The Morgan fingerprint density at radius 3 is 2.41 bits per heavy atom. The van der Waals surface area contributed by atoms with E-state index in [-0.39, 0.29) is 11.9 Å². The third-order valence-electron chi connectivity index (χ3n) is 4.95. The van der Waals surface area contributed by atoms with Crippen LogP contribution in [0.3, 0.4) is 0 Å². The number of hydrogen-bond acceptors (Lipinski definition) is 3. The summed E-state index contributed by atoms with van der Waals surface area (Å²) in [7, 11) is 0. The number of rotatable bonds is 5. The van der Waals surface area contributed by atoms with Gasteiger partial charge in [0.15, 0.2) is 5.79 Å². The highest BCUT2D eigenvalue weighted by molar-refractivity contribution is 9.09. The topological polar surface area (TPSA) is 47.6 Å². The molecule has 1 aromatic carbocycles. The maximum atomic E-state index is 13.0. The van der Waals surface area contributed by atoms with Crippen molar-refractivity contribution in [3.8, 4) is 0 Å². The fourth-order valence-corrected chi connectivity index (χ4v) is 4.27. The number of halogens is 1. The zero-order valence-electron chi connectivity index (χ0n) is 12.8. The number of carbonyl (C=O) groups excluding carboxylic acids is 1. The van der Waals surface area contributed by atoms with Gasteiger partial charge in [-0.2, -0.15) is 0 Å². The van der Waals surface area contributed by atoms with Crippen LogP contribution in [0.25, 0.3) is 0 Å².